The summed E-state index contributed by atoms with van der Waals surface area (Å²) in [5.74, 6) is 1.21. The van der Waals surface area contributed by atoms with Crippen LogP contribution in [0.5, 0.6) is 5.75 Å². The van der Waals surface area contributed by atoms with Crippen molar-refractivity contribution in [2.24, 2.45) is 0 Å². The normalized spacial score (nSPS) is 11.1. The quantitative estimate of drug-likeness (QED) is 0.274. The summed E-state index contributed by atoms with van der Waals surface area (Å²) in [6.45, 7) is 6.48. The minimum absolute atomic E-state index is 0.0560. The highest BCUT2D eigenvalue weighted by molar-refractivity contribution is 5.80. The lowest BCUT2D eigenvalue weighted by Gasteiger charge is -2.16. The number of rotatable bonds is 9. The lowest BCUT2D eigenvalue weighted by Crippen LogP contribution is -2.28. The summed E-state index contributed by atoms with van der Waals surface area (Å²) in [4.78, 5) is 32.8. The third-order valence-electron chi connectivity index (χ3n) is 6.59. The Morgan fingerprint density at radius 2 is 1.64 bits per heavy atom. The Kier molecular flexibility index (Phi) is 7.54. The Morgan fingerprint density at radius 3 is 2.28 bits per heavy atom. The maximum absolute atomic E-state index is 13.8. The van der Waals surface area contributed by atoms with Crippen LogP contribution in [0.4, 0.5) is 0 Å². The molecule has 0 unspecified atom stereocenters. The van der Waals surface area contributed by atoms with Gasteiger partial charge in [-0.2, -0.15) is 0 Å². The summed E-state index contributed by atoms with van der Waals surface area (Å²) in [5, 5.41) is 3.84. The molecule has 0 bridgehead atoms. The van der Waals surface area contributed by atoms with Gasteiger partial charge in [0.05, 0.1) is 18.0 Å². The van der Waals surface area contributed by atoms with E-state index < -0.39 is 5.76 Å². The van der Waals surface area contributed by atoms with E-state index in [4.69, 9.17) is 14.2 Å². The average Bonchev–Trinajstić information content (AvgIpc) is 3.38. The third kappa shape index (κ3) is 5.45. The molecule has 0 radical (unpaired) electrons. The first-order chi connectivity index (χ1) is 19.0. The molecule has 0 atom stereocenters. The molecule has 0 amide bonds. The average molecular weight is 523 g/mol. The van der Waals surface area contributed by atoms with Crippen molar-refractivity contribution in [1.82, 2.24) is 19.7 Å². The molecule has 8 nitrogen and oxygen atoms in total. The van der Waals surface area contributed by atoms with E-state index in [9.17, 15) is 9.59 Å². The Balaban J connectivity index is 1.49. The van der Waals surface area contributed by atoms with Gasteiger partial charge in [0.15, 0.2) is 5.82 Å². The molecule has 0 aliphatic heterocycles. The molecule has 39 heavy (non-hydrogen) atoms. The van der Waals surface area contributed by atoms with Crippen LogP contribution in [0, 0.1) is 6.92 Å². The van der Waals surface area contributed by atoms with Gasteiger partial charge >= 0.3 is 5.76 Å². The van der Waals surface area contributed by atoms with Crippen molar-refractivity contribution in [1.29, 1.82) is 0 Å². The number of ether oxygens (including phenoxy) is 1. The predicted octanol–water partition coefficient (Wildman–Crippen LogP) is 5.49. The van der Waals surface area contributed by atoms with Crippen LogP contribution in [0.3, 0.4) is 0 Å². The van der Waals surface area contributed by atoms with E-state index in [0.717, 1.165) is 52.2 Å². The molecular formula is C31H30N4O4. The van der Waals surface area contributed by atoms with Gasteiger partial charge in [-0.05, 0) is 61.2 Å². The fourth-order valence-electron chi connectivity index (χ4n) is 4.80. The molecule has 1 N–H and O–H groups in total. The second-order valence-corrected chi connectivity index (χ2v) is 9.26. The largest absolute Gasteiger partial charge is 0.494 e. The number of aryl methyl sites for hydroxylation is 2. The lowest BCUT2D eigenvalue weighted by molar-refractivity contribution is 0.340. The molecule has 2 aromatic heterocycles. The van der Waals surface area contributed by atoms with Gasteiger partial charge in [0.1, 0.15) is 11.6 Å². The monoisotopic (exact) mass is 522 g/mol. The third-order valence-corrected chi connectivity index (χ3v) is 6.59. The topological polar surface area (TPSA) is 103 Å². The van der Waals surface area contributed by atoms with Crippen molar-refractivity contribution in [3.63, 3.8) is 0 Å². The maximum atomic E-state index is 13.8. The number of aromatic nitrogens is 4. The first-order valence-corrected chi connectivity index (χ1v) is 13.1. The molecule has 8 heteroatoms. The minimum Gasteiger partial charge on any atom is -0.494 e. The lowest BCUT2D eigenvalue weighted by atomic mass is 9.96. The zero-order chi connectivity index (χ0) is 27.4. The molecule has 0 spiro atoms. The van der Waals surface area contributed by atoms with Crippen LogP contribution in [0.25, 0.3) is 28.2 Å². The van der Waals surface area contributed by atoms with Gasteiger partial charge in [0, 0.05) is 17.5 Å². The molecule has 198 valence electrons. The van der Waals surface area contributed by atoms with Crippen LogP contribution < -0.4 is 16.1 Å². The summed E-state index contributed by atoms with van der Waals surface area (Å²) in [6.07, 6.45) is 2.10. The van der Waals surface area contributed by atoms with Gasteiger partial charge in [-0.1, -0.05) is 67.0 Å². The second-order valence-electron chi connectivity index (χ2n) is 9.26. The number of nitrogens with zero attached hydrogens (tertiary/aromatic N) is 3. The second kappa shape index (κ2) is 11.3. The summed E-state index contributed by atoms with van der Waals surface area (Å²) in [7, 11) is 0. The number of benzene rings is 3. The van der Waals surface area contributed by atoms with Crippen molar-refractivity contribution >= 4 is 0 Å². The summed E-state index contributed by atoms with van der Waals surface area (Å²) < 4.78 is 11.9. The van der Waals surface area contributed by atoms with E-state index in [1.54, 1.807) is 4.57 Å². The number of hydrogen-bond acceptors (Lipinski definition) is 6. The van der Waals surface area contributed by atoms with E-state index in [1.165, 1.54) is 0 Å². The summed E-state index contributed by atoms with van der Waals surface area (Å²) in [6, 6.07) is 23.3. The van der Waals surface area contributed by atoms with Crippen LogP contribution in [0.2, 0.25) is 0 Å². The Bertz CT molecular complexity index is 1700. The van der Waals surface area contributed by atoms with Crippen LogP contribution in [-0.2, 0) is 12.8 Å². The fraction of sp³-hybridized carbons (Fsp3) is 0.226. The predicted molar refractivity (Wildman–Crippen MR) is 151 cm³/mol. The highest BCUT2D eigenvalue weighted by atomic mass is 16.5. The molecule has 2 heterocycles. The van der Waals surface area contributed by atoms with Crippen molar-refractivity contribution in [3.05, 3.63) is 116 Å². The Morgan fingerprint density at radius 1 is 0.923 bits per heavy atom. The van der Waals surface area contributed by atoms with Crippen molar-refractivity contribution in [3.8, 4) is 34.0 Å². The zero-order valence-corrected chi connectivity index (χ0v) is 22.2. The standard InChI is InChI=1S/C31H30N4O4/c1-4-8-28-27(30(36)35(20(3)32-28)23-15-17-24(18-16-23)38-5-2)19-21-11-13-22(14-12-21)25-9-6-7-10-26(25)29-33-31(37)39-34-29/h6-7,9-18H,4-5,8,19H2,1-3H3,(H,33,34,37). The van der Waals surface area contributed by atoms with Gasteiger partial charge in [-0.3, -0.25) is 18.9 Å². The van der Waals surface area contributed by atoms with Crippen LogP contribution in [0.1, 0.15) is 42.9 Å². The molecule has 0 saturated carbocycles. The molecule has 0 saturated heterocycles. The van der Waals surface area contributed by atoms with E-state index >= 15 is 0 Å². The van der Waals surface area contributed by atoms with Crippen LogP contribution >= 0.6 is 0 Å². The molecule has 5 aromatic rings. The van der Waals surface area contributed by atoms with Crippen LogP contribution in [0.15, 0.2) is 86.9 Å². The van der Waals surface area contributed by atoms with Gasteiger partial charge < -0.3 is 4.74 Å². The maximum Gasteiger partial charge on any atom is 0.439 e. The number of aromatic amines is 1. The van der Waals surface area contributed by atoms with E-state index in [2.05, 4.69) is 17.1 Å². The number of hydrogen-bond donors (Lipinski definition) is 1. The molecule has 5 rings (SSSR count). The van der Waals surface area contributed by atoms with Gasteiger partial charge in [0.2, 0.25) is 0 Å². The minimum atomic E-state index is -0.597. The smallest absolute Gasteiger partial charge is 0.439 e. The summed E-state index contributed by atoms with van der Waals surface area (Å²) in [5.41, 5.74) is 5.88. The van der Waals surface area contributed by atoms with Gasteiger partial charge in [-0.25, -0.2) is 9.78 Å². The van der Waals surface area contributed by atoms with E-state index in [1.807, 2.05) is 86.6 Å². The highest BCUT2D eigenvalue weighted by Gasteiger charge is 2.17. The van der Waals surface area contributed by atoms with Crippen molar-refractivity contribution in [2.45, 2.75) is 40.0 Å². The first-order valence-electron chi connectivity index (χ1n) is 13.1. The molecular weight excluding hydrogens is 492 g/mol. The van der Waals surface area contributed by atoms with E-state index in [-0.39, 0.29) is 5.56 Å². The van der Waals surface area contributed by atoms with Crippen molar-refractivity contribution < 1.29 is 9.26 Å². The molecule has 0 aliphatic carbocycles. The first kappa shape index (κ1) is 25.9. The molecule has 0 aliphatic rings. The number of H-pyrrole nitrogens is 1. The molecule has 0 fully saturated rings. The summed E-state index contributed by atoms with van der Waals surface area (Å²) >= 11 is 0. The number of nitrogens with one attached hydrogen (secondary N) is 1. The Labute approximate surface area is 225 Å². The van der Waals surface area contributed by atoms with E-state index in [0.29, 0.717) is 30.2 Å². The fourth-order valence-corrected chi connectivity index (χ4v) is 4.80. The van der Waals surface area contributed by atoms with Gasteiger partial charge in [0.25, 0.3) is 5.56 Å². The van der Waals surface area contributed by atoms with Gasteiger partial charge in [-0.15, -0.1) is 0 Å². The van der Waals surface area contributed by atoms with Crippen LogP contribution in [-0.4, -0.2) is 26.3 Å². The highest BCUT2D eigenvalue weighted by Crippen LogP contribution is 2.30. The SMILES string of the molecule is CCCc1nc(C)n(-c2ccc(OCC)cc2)c(=O)c1Cc1ccc(-c2ccccc2-c2noc(=O)[nH]2)cc1. The zero-order valence-electron chi connectivity index (χ0n) is 22.2. The molecule has 3 aromatic carbocycles. The Hall–Kier alpha value is -4.72. The van der Waals surface area contributed by atoms with Crippen molar-refractivity contribution in [2.75, 3.05) is 6.61 Å².